The maximum atomic E-state index is 12.5. The lowest BCUT2D eigenvalue weighted by atomic mass is 10.0. The first kappa shape index (κ1) is 78.1. The van der Waals surface area contributed by atoms with E-state index in [1.807, 2.05) is 0 Å². The van der Waals surface area contributed by atoms with Gasteiger partial charge in [0.15, 0.2) is 0 Å². The summed E-state index contributed by atoms with van der Waals surface area (Å²) in [6.45, 7) is 4.96. The van der Waals surface area contributed by atoms with Crippen molar-refractivity contribution in [1.82, 2.24) is 5.32 Å². The van der Waals surface area contributed by atoms with Gasteiger partial charge in [-0.3, -0.25) is 9.59 Å². The van der Waals surface area contributed by atoms with Crippen LogP contribution in [0.1, 0.15) is 399 Å². The molecular weight excluding hydrogens is 983 g/mol. The first-order valence-electron chi connectivity index (χ1n) is 36.2. The van der Waals surface area contributed by atoms with E-state index in [-0.39, 0.29) is 18.5 Å². The molecule has 0 saturated carbocycles. The van der Waals surface area contributed by atoms with Crippen molar-refractivity contribution in [3.8, 4) is 0 Å². The van der Waals surface area contributed by atoms with Crippen LogP contribution in [0.15, 0.2) is 36.5 Å². The fourth-order valence-electron chi connectivity index (χ4n) is 11.4. The van der Waals surface area contributed by atoms with Gasteiger partial charge in [0.1, 0.15) is 0 Å². The third-order valence-electron chi connectivity index (χ3n) is 16.9. The number of nitrogens with one attached hydrogen (secondary N) is 1. The molecule has 0 spiro atoms. The monoisotopic (exact) mass is 1120 g/mol. The van der Waals surface area contributed by atoms with Crippen LogP contribution < -0.4 is 5.32 Å². The van der Waals surface area contributed by atoms with E-state index in [0.717, 1.165) is 51.4 Å². The van der Waals surface area contributed by atoms with Crippen LogP contribution in [-0.2, 0) is 14.3 Å². The maximum absolute atomic E-state index is 12.5. The van der Waals surface area contributed by atoms with Crippen molar-refractivity contribution in [3.05, 3.63) is 36.5 Å². The van der Waals surface area contributed by atoms with Gasteiger partial charge >= 0.3 is 5.97 Å². The van der Waals surface area contributed by atoms with Crippen molar-refractivity contribution in [2.24, 2.45) is 0 Å². The molecule has 472 valence electrons. The average molecular weight is 1120 g/mol. The van der Waals surface area contributed by atoms with Crippen LogP contribution in [0.2, 0.25) is 0 Å². The number of aliphatic hydroxyl groups is 2. The van der Waals surface area contributed by atoms with Crippen LogP contribution in [0.3, 0.4) is 0 Å². The molecule has 80 heavy (non-hydrogen) atoms. The third-order valence-corrected chi connectivity index (χ3v) is 16.9. The Labute approximate surface area is 500 Å². The number of aliphatic hydroxyl groups excluding tert-OH is 2. The Balaban J connectivity index is 3.34. The fraction of sp³-hybridized carbons (Fsp3) is 0.892. The molecule has 6 nitrogen and oxygen atoms in total. The van der Waals surface area contributed by atoms with E-state index in [0.29, 0.717) is 25.9 Å². The van der Waals surface area contributed by atoms with Crippen LogP contribution >= 0.6 is 0 Å². The summed E-state index contributed by atoms with van der Waals surface area (Å²) in [5.41, 5.74) is 0. The van der Waals surface area contributed by atoms with Gasteiger partial charge in [-0.2, -0.15) is 0 Å². The molecule has 0 aromatic heterocycles. The largest absolute Gasteiger partial charge is 0.466 e. The Bertz CT molecular complexity index is 1300. The molecule has 0 heterocycles. The molecule has 0 bridgehead atoms. The zero-order valence-corrected chi connectivity index (χ0v) is 54.1. The smallest absolute Gasteiger partial charge is 0.305 e. The Morgan fingerprint density at radius 3 is 0.975 bits per heavy atom. The lowest BCUT2D eigenvalue weighted by molar-refractivity contribution is -0.143. The Morgan fingerprint density at radius 2 is 0.625 bits per heavy atom. The molecule has 0 fully saturated rings. The van der Waals surface area contributed by atoms with Gasteiger partial charge in [-0.25, -0.2) is 0 Å². The van der Waals surface area contributed by atoms with Gasteiger partial charge in [0, 0.05) is 12.8 Å². The number of hydrogen-bond acceptors (Lipinski definition) is 5. The minimum atomic E-state index is -0.662. The predicted molar refractivity (Wildman–Crippen MR) is 352 cm³/mol. The number of carbonyl (C=O) groups is 2. The standard InChI is InChI=1S/C74H141NO5/c1-3-5-7-9-11-13-15-17-19-40-44-48-52-56-60-64-68-74(79)80-69-65-61-57-53-49-45-41-38-36-34-32-30-28-26-24-22-20-21-23-25-27-29-31-33-35-37-39-43-47-51-55-59-63-67-73(78)75-71(70-76)72(77)66-62-58-54-50-46-42-18-16-14-12-10-8-6-4-2/h13,15,19,24,26,40,71-72,76-77H,3-12,14,16-18,20-23,25,27-39,41-70H2,1-2H3,(H,75,78)/b15-13-,26-24-,40-19-. The number of amides is 1. The summed E-state index contributed by atoms with van der Waals surface area (Å²) >= 11 is 0. The molecule has 6 heteroatoms. The lowest BCUT2D eigenvalue weighted by Crippen LogP contribution is -2.45. The normalized spacial score (nSPS) is 12.7. The molecule has 2 unspecified atom stereocenters. The van der Waals surface area contributed by atoms with Gasteiger partial charge in [-0.05, 0) is 83.5 Å². The minimum absolute atomic E-state index is 0.00556. The second-order valence-corrected chi connectivity index (χ2v) is 24.9. The van der Waals surface area contributed by atoms with Crippen molar-refractivity contribution in [3.63, 3.8) is 0 Å². The molecule has 0 aliphatic carbocycles. The molecule has 2 atom stereocenters. The van der Waals surface area contributed by atoms with Crippen LogP contribution in [-0.4, -0.2) is 47.4 Å². The Morgan fingerprint density at radius 1 is 0.350 bits per heavy atom. The highest BCUT2D eigenvalue weighted by atomic mass is 16.5. The number of unbranched alkanes of at least 4 members (excludes halogenated alkanes) is 51. The van der Waals surface area contributed by atoms with Crippen molar-refractivity contribution in [2.75, 3.05) is 13.2 Å². The molecule has 0 aliphatic heterocycles. The molecular formula is C74H141NO5. The van der Waals surface area contributed by atoms with E-state index in [4.69, 9.17) is 4.74 Å². The number of ether oxygens (including phenoxy) is 1. The zero-order valence-electron chi connectivity index (χ0n) is 54.1. The summed E-state index contributed by atoms with van der Waals surface area (Å²) < 4.78 is 5.49. The van der Waals surface area contributed by atoms with Gasteiger partial charge in [0.25, 0.3) is 0 Å². The van der Waals surface area contributed by atoms with Crippen molar-refractivity contribution in [1.29, 1.82) is 0 Å². The van der Waals surface area contributed by atoms with Crippen molar-refractivity contribution < 1.29 is 24.5 Å². The SMILES string of the molecule is CCCCCC/C=C\C/C=C\CCCCCCCC(=O)OCCCCCCCCCCCCCC/C=C\CCCCCCCCCCCCCCCCCCCC(=O)NC(CO)C(O)CCCCCCCCCCCCCCCC. The fourth-order valence-corrected chi connectivity index (χ4v) is 11.4. The Hall–Kier alpha value is -1.92. The van der Waals surface area contributed by atoms with Crippen LogP contribution in [0, 0.1) is 0 Å². The van der Waals surface area contributed by atoms with E-state index in [2.05, 4.69) is 55.6 Å². The Kier molecular flexibility index (Phi) is 67.9. The lowest BCUT2D eigenvalue weighted by Gasteiger charge is -2.22. The minimum Gasteiger partial charge on any atom is -0.466 e. The summed E-state index contributed by atoms with van der Waals surface area (Å²) in [5.74, 6) is -0.0240. The highest BCUT2D eigenvalue weighted by Gasteiger charge is 2.20. The highest BCUT2D eigenvalue weighted by Crippen LogP contribution is 2.19. The molecule has 0 aromatic rings. The second kappa shape index (κ2) is 69.6. The van der Waals surface area contributed by atoms with Gasteiger partial charge in [0.05, 0.1) is 25.4 Å². The maximum Gasteiger partial charge on any atom is 0.305 e. The molecule has 0 rings (SSSR count). The summed E-state index contributed by atoms with van der Waals surface area (Å²) in [5, 5.41) is 23.3. The summed E-state index contributed by atoms with van der Waals surface area (Å²) in [6.07, 6.45) is 89.2. The van der Waals surface area contributed by atoms with E-state index < -0.39 is 12.1 Å². The number of allylic oxidation sites excluding steroid dienone is 6. The van der Waals surface area contributed by atoms with Crippen LogP contribution in [0.5, 0.6) is 0 Å². The van der Waals surface area contributed by atoms with E-state index in [1.54, 1.807) is 0 Å². The molecule has 0 radical (unpaired) electrons. The van der Waals surface area contributed by atoms with E-state index >= 15 is 0 Å². The third kappa shape index (κ3) is 65.2. The van der Waals surface area contributed by atoms with E-state index in [1.165, 1.54) is 315 Å². The number of carbonyl (C=O) groups excluding carboxylic acids is 2. The summed E-state index contributed by atoms with van der Waals surface area (Å²) in [7, 11) is 0. The molecule has 0 aliphatic rings. The molecule has 3 N–H and O–H groups in total. The highest BCUT2D eigenvalue weighted by molar-refractivity contribution is 5.76. The number of rotatable bonds is 68. The second-order valence-electron chi connectivity index (χ2n) is 24.9. The number of hydrogen-bond donors (Lipinski definition) is 3. The van der Waals surface area contributed by atoms with Crippen LogP contribution in [0.4, 0.5) is 0 Å². The molecule has 0 saturated heterocycles. The van der Waals surface area contributed by atoms with Gasteiger partial charge < -0.3 is 20.3 Å². The van der Waals surface area contributed by atoms with Gasteiger partial charge in [0.2, 0.25) is 5.91 Å². The topological polar surface area (TPSA) is 95.9 Å². The van der Waals surface area contributed by atoms with Gasteiger partial charge in [-0.15, -0.1) is 0 Å². The number of esters is 1. The molecule has 0 aromatic carbocycles. The average Bonchev–Trinajstić information content (AvgIpc) is 3.46. The first-order valence-corrected chi connectivity index (χ1v) is 36.2. The summed E-state index contributed by atoms with van der Waals surface area (Å²) in [6, 6.07) is -0.539. The first-order chi connectivity index (χ1) is 39.5. The quantitative estimate of drug-likeness (QED) is 0.0320. The van der Waals surface area contributed by atoms with Crippen LogP contribution in [0.25, 0.3) is 0 Å². The summed E-state index contributed by atoms with van der Waals surface area (Å²) in [4.78, 5) is 24.6. The van der Waals surface area contributed by atoms with Crippen molar-refractivity contribution in [2.45, 2.75) is 411 Å². The zero-order chi connectivity index (χ0) is 57.8. The van der Waals surface area contributed by atoms with Crippen molar-refractivity contribution >= 4 is 11.9 Å². The molecule has 1 amide bonds. The van der Waals surface area contributed by atoms with E-state index in [9.17, 15) is 19.8 Å². The van der Waals surface area contributed by atoms with Gasteiger partial charge in [-0.1, -0.05) is 339 Å². The predicted octanol–water partition coefficient (Wildman–Crippen LogP) is 23.5.